The molecule has 0 fully saturated rings. The molecule has 0 saturated carbocycles. The van der Waals surface area contributed by atoms with E-state index in [1.54, 1.807) is 6.20 Å². The molecule has 5 heteroatoms. The van der Waals surface area contributed by atoms with E-state index in [0.29, 0.717) is 6.54 Å². The summed E-state index contributed by atoms with van der Waals surface area (Å²) in [5, 5.41) is 7.97. The van der Waals surface area contributed by atoms with Gasteiger partial charge >= 0.3 is 0 Å². The van der Waals surface area contributed by atoms with Crippen molar-refractivity contribution < 1.29 is 0 Å². The number of benzene rings is 1. The maximum atomic E-state index is 5.59. The van der Waals surface area contributed by atoms with Gasteiger partial charge in [-0.2, -0.15) is 0 Å². The SMILES string of the molecule is CCn1nncc1N(C)Cc1ccc(CN)cc1. The third-order valence-electron chi connectivity index (χ3n) is 2.97. The minimum atomic E-state index is 0.586. The van der Waals surface area contributed by atoms with Crippen LogP contribution in [0.25, 0.3) is 0 Å². The summed E-state index contributed by atoms with van der Waals surface area (Å²) in [6.45, 7) is 4.30. The van der Waals surface area contributed by atoms with Gasteiger partial charge in [0, 0.05) is 26.7 Å². The molecule has 2 aromatic rings. The molecule has 1 aromatic heterocycles. The molecule has 0 atom stereocenters. The van der Waals surface area contributed by atoms with Crippen LogP contribution < -0.4 is 10.6 Å². The molecule has 0 spiro atoms. The first-order valence-electron chi connectivity index (χ1n) is 6.12. The van der Waals surface area contributed by atoms with Crippen molar-refractivity contribution in [3.05, 3.63) is 41.6 Å². The number of nitrogens with two attached hydrogens (primary N) is 1. The summed E-state index contributed by atoms with van der Waals surface area (Å²) in [6.07, 6.45) is 1.79. The predicted octanol–water partition coefficient (Wildman–Crippen LogP) is 1.39. The standard InChI is InChI=1S/C13H19N5/c1-3-18-13(9-15-16-18)17(2)10-12-6-4-11(8-14)5-7-12/h4-7,9H,3,8,10,14H2,1-2H3. The molecule has 5 nitrogen and oxygen atoms in total. The fraction of sp³-hybridized carbons (Fsp3) is 0.385. The Morgan fingerprint density at radius 2 is 1.89 bits per heavy atom. The molecular formula is C13H19N5. The zero-order chi connectivity index (χ0) is 13.0. The molecule has 18 heavy (non-hydrogen) atoms. The maximum Gasteiger partial charge on any atom is 0.147 e. The predicted molar refractivity (Wildman–Crippen MR) is 72.1 cm³/mol. The number of aromatic nitrogens is 3. The van der Waals surface area contributed by atoms with Crippen LogP contribution in [-0.4, -0.2) is 22.0 Å². The van der Waals surface area contributed by atoms with Crippen LogP contribution in [0.1, 0.15) is 18.1 Å². The van der Waals surface area contributed by atoms with Crippen LogP contribution in [0.4, 0.5) is 5.82 Å². The van der Waals surface area contributed by atoms with Gasteiger partial charge in [-0.25, -0.2) is 4.68 Å². The van der Waals surface area contributed by atoms with E-state index in [9.17, 15) is 0 Å². The summed E-state index contributed by atoms with van der Waals surface area (Å²) < 4.78 is 1.88. The average Bonchev–Trinajstić information content (AvgIpc) is 2.88. The maximum absolute atomic E-state index is 5.59. The number of rotatable bonds is 5. The molecule has 0 aliphatic carbocycles. The lowest BCUT2D eigenvalue weighted by atomic mass is 10.1. The van der Waals surface area contributed by atoms with Crippen LogP contribution in [0.3, 0.4) is 0 Å². The van der Waals surface area contributed by atoms with Gasteiger partial charge in [0.15, 0.2) is 0 Å². The van der Waals surface area contributed by atoms with Crippen LogP contribution in [0.15, 0.2) is 30.5 Å². The number of anilines is 1. The second-order valence-corrected chi connectivity index (χ2v) is 4.28. The van der Waals surface area contributed by atoms with Crippen molar-refractivity contribution in [2.45, 2.75) is 26.6 Å². The first-order chi connectivity index (χ1) is 8.74. The first kappa shape index (κ1) is 12.6. The highest BCUT2D eigenvalue weighted by Gasteiger charge is 2.08. The van der Waals surface area contributed by atoms with Crippen molar-refractivity contribution in [1.82, 2.24) is 15.0 Å². The summed E-state index contributed by atoms with van der Waals surface area (Å²) >= 11 is 0. The Balaban J connectivity index is 2.08. The number of aryl methyl sites for hydroxylation is 1. The molecule has 0 unspecified atom stereocenters. The highest BCUT2D eigenvalue weighted by atomic mass is 15.5. The lowest BCUT2D eigenvalue weighted by Crippen LogP contribution is -2.20. The smallest absolute Gasteiger partial charge is 0.147 e. The summed E-state index contributed by atoms with van der Waals surface area (Å²) in [6, 6.07) is 8.36. The van der Waals surface area contributed by atoms with Crippen molar-refractivity contribution >= 4 is 5.82 Å². The fourth-order valence-corrected chi connectivity index (χ4v) is 1.91. The molecule has 0 aliphatic heterocycles. The third-order valence-corrected chi connectivity index (χ3v) is 2.97. The summed E-state index contributed by atoms with van der Waals surface area (Å²) in [7, 11) is 2.04. The zero-order valence-corrected chi connectivity index (χ0v) is 10.9. The lowest BCUT2D eigenvalue weighted by molar-refractivity contribution is 0.617. The van der Waals surface area contributed by atoms with Crippen LogP contribution in [0.2, 0.25) is 0 Å². The van der Waals surface area contributed by atoms with Crippen molar-refractivity contribution in [2.24, 2.45) is 5.73 Å². The fourth-order valence-electron chi connectivity index (χ4n) is 1.91. The average molecular weight is 245 g/mol. The lowest BCUT2D eigenvalue weighted by Gasteiger charge is -2.19. The van der Waals surface area contributed by atoms with Gasteiger partial charge in [0.25, 0.3) is 0 Å². The van der Waals surface area contributed by atoms with E-state index < -0.39 is 0 Å². The van der Waals surface area contributed by atoms with Gasteiger partial charge in [-0.3, -0.25) is 0 Å². The van der Waals surface area contributed by atoms with Crippen molar-refractivity contribution in [3.8, 4) is 0 Å². The van der Waals surface area contributed by atoms with Crippen LogP contribution in [0, 0.1) is 0 Å². The van der Waals surface area contributed by atoms with E-state index in [-0.39, 0.29) is 0 Å². The van der Waals surface area contributed by atoms with Gasteiger partial charge in [-0.1, -0.05) is 29.5 Å². The van der Waals surface area contributed by atoms with Crippen LogP contribution >= 0.6 is 0 Å². The molecule has 0 saturated heterocycles. The number of hydrogen-bond acceptors (Lipinski definition) is 4. The van der Waals surface area contributed by atoms with Crippen LogP contribution in [-0.2, 0) is 19.6 Å². The minimum Gasteiger partial charge on any atom is -0.354 e. The second-order valence-electron chi connectivity index (χ2n) is 4.28. The monoisotopic (exact) mass is 245 g/mol. The highest BCUT2D eigenvalue weighted by Crippen LogP contribution is 2.14. The molecule has 2 rings (SSSR count). The van der Waals surface area contributed by atoms with Crippen molar-refractivity contribution in [1.29, 1.82) is 0 Å². The Labute approximate surface area is 107 Å². The minimum absolute atomic E-state index is 0.586. The highest BCUT2D eigenvalue weighted by molar-refractivity contribution is 5.36. The van der Waals surface area contributed by atoms with Crippen LogP contribution in [0.5, 0.6) is 0 Å². The summed E-state index contributed by atoms with van der Waals surface area (Å²) in [4.78, 5) is 2.14. The molecule has 0 amide bonds. The molecule has 96 valence electrons. The van der Waals surface area contributed by atoms with E-state index in [4.69, 9.17) is 5.73 Å². The van der Waals surface area contributed by atoms with Crippen molar-refractivity contribution in [2.75, 3.05) is 11.9 Å². The Morgan fingerprint density at radius 1 is 1.22 bits per heavy atom. The van der Waals surface area contributed by atoms with E-state index in [1.807, 2.05) is 11.7 Å². The van der Waals surface area contributed by atoms with E-state index in [2.05, 4.69) is 46.4 Å². The van der Waals surface area contributed by atoms with Gasteiger partial charge in [-0.15, -0.1) is 5.10 Å². The molecular weight excluding hydrogens is 226 g/mol. The molecule has 0 aliphatic rings. The van der Waals surface area contributed by atoms with E-state index in [0.717, 1.165) is 24.5 Å². The summed E-state index contributed by atoms with van der Waals surface area (Å²) in [5.41, 5.74) is 7.99. The number of hydrogen-bond donors (Lipinski definition) is 1. The third kappa shape index (κ3) is 2.68. The first-order valence-corrected chi connectivity index (χ1v) is 6.12. The molecule has 1 heterocycles. The van der Waals surface area contributed by atoms with Crippen molar-refractivity contribution in [3.63, 3.8) is 0 Å². The Kier molecular flexibility index (Phi) is 3.94. The van der Waals surface area contributed by atoms with E-state index >= 15 is 0 Å². The van der Waals surface area contributed by atoms with Gasteiger partial charge in [0.05, 0.1) is 6.20 Å². The second kappa shape index (κ2) is 5.64. The van der Waals surface area contributed by atoms with Gasteiger partial charge in [0.1, 0.15) is 5.82 Å². The normalized spacial score (nSPS) is 10.6. The molecule has 0 bridgehead atoms. The Bertz CT molecular complexity index is 488. The topological polar surface area (TPSA) is 60.0 Å². The Hall–Kier alpha value is -1.88. The van der Waals surface area contributed by atoms with E-state index in [1.165, 1.54) is 5.56 Å². The largest absolute Gasteiger partial charge is 0.354 e. The number of nitrogens with zero attached hydrogens (tertiary/aromatic N) is 4. The Morgan fingerprint density at radius 3 is 2.50 bits per heavy atom. The van der Waals surface area contributed by atoms with Gasteiger partial charge < -0.3 is 10.6 Å². The summed E-state index contributed by atoms with van der Waals surface area (Å²) in [5.74, 6) is 1.03. The van der Waals surface area contributed by atoms with Gasteiger partial charge in [-0.05, 0) is 18.1 Å². The molecule has 2 N–H and O–H groups in total. The molecule has 1 aromatic carbocycles. The van der Waals surface area contributed by atoms with Gasteiger partial charge in [0.2, 0.25) is 0 Å². The molecule has 0 radical (unpaired) electrons. The quantitative estimate of drug-likeness (QED) is 0.865. The zero-order valence-electron chi connectivity index (χ0n) is 10.9.